The zero-order valence-corrected chi connectivity index (χ0v) is 11.5. The fourth-order valence-electron chi connectivity index (χ4n) is 2.80. The Balaban J connectivity index is 1.99. The highest BCUT2D eigenvalue weighted by atomic mass is 16.2. The Morgan fingerprint density at radius 1 is 1.32 bits per heavy atom. The van der Waals surface area contributed by atoms with Crippen LogP contribution in [0.1, 0.15) is 35.9 Å². The third-order valence-electron chi connectivity index (χ3n) is 3.93. The van der Waals surface area contributed by atoms with E-state index in [1.54, 1.807) is 0 Å². The van der Waals surface area contributed by atoms with Crippen molar-refractivity contribution in [3.05, 3.63) is 29.6 Å². The molecule has 0 saturated carbocycles. The number of amides is 1. The molecule has 0 unspecified atom stereocenters. The summed E-state index contributed by atoms with van der Waals surface area (Å²) < 4.78 is 2.10. The molecule has 3 rings (SSSR count). The number of rotatable bonds is 2. The first-order chi connectivity index (χ1) is 9.20. The van der Waals surface area contributed by atoms with E-state index in [0.29, 0.717) is 0 Å². The van der Waals surface area contributed by atoms with Crippen molar-refractivity contribution in [1.82, 2.24) is 14.5 Å². The second kappa shape index (κ2) is 4.68. The molecule has 0 spiro atoms. The molecular formula is C15H19N3O. The zero-order valence-electron chi connectivity index (χ0n) is 11.5. The number of aromatic nitrogens is 2. The molecule has 1 aromatic heterocycles. The van der Waals surface area contributed by atoms with Gasteiger partial charge in [-0.1, -0.05) is 6.92 Å². The van der Waals surface area contributed by atoms with Crippen LogP contribution in [0.5, 0.6) is 0 Å². The SMILES string of the molecule is CCc1nc2cc(C(=O)N3CCCC3)ccc2n1C. The van der Waals surface area contributed by atoms with Gasteiger partial charge in [-0.2, -0.15) is 0 Å². The van der Waals surface area contributed by atoms with Gasteiger partial charge < -0.3 is 9.47 Å². The molecule has 1 fully saturated rings. The highest BCUT2D eigenvalue weighted by molar-refractivity contribution is 5.97. The van der Waals surface area contributed by atoms with Crippen LogP contribution in [0.3, 0.4) is 0 Å². The zero-order chi connectivity index (χ0) is 13.4. The van der Waals surface area contributed by atoms with Crippen molar-refractivity contribution in [1.29, 1.82) is 0 Å². The Morgan fingerprint density at radius 2 is 2.05 bits per heavy atom. The van der Waals surface area contributed by atoms with Gasteiger partial charge in [-0.05, 0) is 31.0 Å². The quantitative estimate of drug-likeness (QED) is 0.828. The average molecular weight is 257 g/mol. The first-order valence-electron chi connectivity index (χ1n) is 6.95. The second-order valence-corrected chi connectivity index (χ2v) is 5.14. The highest BCUT2D eigenvalue weighted by Crippen LogP contribution is 2.19. The van der Waals surface area contributed by atoms with Gasteiger partial charge in [-0.15, -0.1) is 0 Å². The Hall–Kier alpha value is -1.84. The molecule has 1 amide bonds. The first-order valence-corrected chi connectivity index (χ1v) is 6.95. The van der Waals surface area contributed by atoms with Gasteiger partial charge in [0.05, 0.1) is 11.0 Å². The normalized spacial score (nSPS) is 15.4. The number of carbonyl (C=O) groups excluding carboxylic acids is 1. The maximum Gasteiger partial charge on any atom is 0.253 e. The molecule has 4 nitrogen and oxygen atoms in total. The van der Waals surface area contributed by atoms with E-state index in [4.69, 9.17) is 0 Å². The number of aryl methyl sites for hydroxylation is 2. The minimum atomic E-state index is 0.142. The van der Waals surface area contributed by atoms with Crippen molar-refractivity contribution in [2.24, 2.45) is 7.05 Å². The summed E-state index contributed by atoms with van der Waals surface area (Å²) in [5.74, 6) is 1.20. The maximum atomic E-state index is 12.3. The van der Waals surface area contributed by atoms with E-state index in [9.17, 15) is 4.79 Å². The molecule has 0 atom stereocenters. The van der Waals surface area contributed by atoms with E-state index in [1.165, 1.54) is 0 Å². The smallest absolute Gasteiger partial charge is 0.253 e. The number of imidazole rings is 1. The van der Waals surface area contributed by atoms with Crippen LogP contribution in [-0.4, -0.2) is 33.4 Å². The van der Waals surface area contributed by atoms with E-state index in [2.05, 4.69) is 16.5 Å². The van der Waals surface area contributed by atoms with Crippen LogP contribution in [0.15, 0.2) is 18.2 Å². The van der Waals surface area contributed by atoms with Crippen molar-refractivity contribution < 1.29 is 4.79 Å². The van der Waals surface area contributed by atoms with Gasteiger partial charge in [-0.3, -0.25) is 4.79 Å². The third-order valence-corrected chi connectivity index (χ3v) is 3.93. The van der Waals surface area contributed by atoms with Gasteiger partial charge in [0.25, 0.3) is 5.91 Å². The van der Waals surface area contributed by atoms with E-state index in [0.717, 1.165) is 54.8 Å². The number of nitrogens with zero attached hydrogens (tertiary/aromatic N) is 3. The fourth-order valence-corrected chi connectivity index (χ4v) is 2.80. The minimum Gasteiger partial charge on any atom is -0.339 e. The van der Waals surface area contributed by atoms with Crippen LogP contribution in [0.25, 0.3) is 11.0 Å². The van der Waals surface area contributed by atoms with Gasteiger partial charge in [-0.25, -0.2) is 4.98 Å². The molecule has 0 radical (unpaired) electrons. The predicted molar refractivity (Wildman–Crippen MR) is 75.2 cm³/mol. The van der Waals surface area contributed by atoms with E-state index in [1.807, 2.05) is 30.1 Å². The predicted octanol–water partition coefficient (Wildman–Crippen LogP) is 2.37. The number of fused-ring (bicyclic) bond motifs is 1. The standard InChI is InChI=1S/C15H19N3O/c1-3-14-16-12-10-11(6-7-13(12)17(14)2)15(19)18-8-4-5-9-18/h6-7,10H,3-5,8-9H2,1-2H3. The average Bonchev–Trinajstić information content (AvgIpc) is 3.06. The van der Waals surface area contributed by atoms with E-state index < -0.39 is 0 Å². The molecule has 2 heterocycles. The number of benzene rings is 1. The fraction of sp³-hybridized carbons (Fsp3) is 0.467. The van der Waals surface area contributed by atoms with Crippen LogP contribution in [0.4, 0.5) is 0 Å². The molecule has 4 heteroatoms. The van der Waals surface area contributed by atoms with Crippen molar-refractivity contribution >= 4 is 16.9 Å². The summed E-state index contributed by atoms with van der Waals surface area (Å²) in [5, 5.41) is 0. The molecule has 100 valence electrons. The van der Waals surface area contributed by atoms with E-state index >= 15 is 0 Å². The van der Waals surface area contributed by atoms with Crippen molar-refractivity contribution in [2.45, 2.75) is 26.2 Å². The lowest BCUT2D eigenvalue weighted by molar-refractivity contribution is 0.0793. The molecular weight excluding hydrogens is 238 g/mol. The van der Waals surface area contributed by atoms with Gasteiger partial charge in [0.1, 0.15) is 5.82 Å². The molecule has 1 saturated heterocycles. The molecule has 1 aliphatic heterocycles. The van der Waals surface area contributed by atoms with Crippen LogP contribution >= 0.6 is 0 Å². The number of carbonyl (C=O) groups is 1. The summed E-state index contributed by atoms with van der Waals surface area (Å²) in [6.45, 7) is 3.87. The topological polar surface area (TPSA) is 38.1 Å². The van der Waals surface area contributed by atoms with Crippen molar-refractivity contribution in [2.75, 3.05) is 13.1 Å². The molecule has 1 aromatic carbocycles. The van der Waals surface area contributed by atoms with Crippen molar-refractivity contribution in [3.8, 4) is 0 Å². The molecule has 0 N–H and O–H groups in total. The van der Waals surface area contributed by atoms with Gasteiger partial charge in [0.2, 0.25) is 0 Å². The summed E-state index contributed by atoms with van der Waals surface area (Å²) in [6.07, 6.45) is 3.15. The number of likely N-dealkylation sites (tertiary alicyclic amines) is 1. The third kappa shape index (κ3) is 2.01. The Kier molecular flexibility index (Phi) is 3.01. The van der Waals surface area contributed by atoms with Gasteiger partial charge in [0, 0.05) is 32.1 Å². The Labute approximate surface area is 113 Å². The molecule has 1 aliphatic rings. The summed E-state index contributed by atoms with van der Waals surface area (Å²) in [5.41, 5.74) is 2.77. The lowest BCUT2D eigenvalue weighted by Crippen LogP contribution is -2.27. The maximum absolute atomic E-state index is 12.3. The minimum absolute atomic E-state index is 0.142. The monoisotopic (exact) mass is 257 g/mol. The van der Waals surface area contributed by atoms with Gasteiger partial charge >= 0.3 is 0 Å². The summed E-state index contributed by atoms with van der Waals surface area (Å²) in [6, 6.07) is 5.85. The van der Waals surface area contributed by atoms with Crippen LogP contribution < -0.4 is 0 Å². The van der Waals surface area contributed by atoms with Gasteiger partial charge in [0.15, 0.2) is 0 Å². The summed E-state index contributed by atoms with van der Waals surface area (Å²) in [7, 11) is 2.02. The molecule has 2 aromatic rings. The molecule has 0 aliphatic carbocycles. The lowest BCUT2D eigenvalue weighted by Gasteiger charge is -2.14. The largest absolute Gasteiger partial charge is 0.339 e. The lowest BCUT2D eigenvalue weighted by atomic mass is 10.2. The number of hydrogen-bond donors (Lipinski definition) is 0. The first kappa shape index (κ1) is 12.2. The van der Waals surface area contributed by atoms with Crippen LogP contribution in [0.2, 0.25) is 0 Å². The van der Waals surface area contributed by atoms with Crippen LogP contribution in [0, 0.1) is 0 Å². The second-order valence-electron chi connectivity index (χ2n) is 5.14. The van der Waals surface area contributed by atoms with E-state index in [-0.39, 0.29) is 5.91 Å². The molecule has 19 heavy (non-hydrogen) atoms. The van der Waals surface area contributed by atoms with Crippen LogP contribution in [-0.2, 0) is 13.5 Å². The summed E-state index contributed by atoms with van der Waals surface area (Å²) in [4.78, 5) is 18.9. The Morgan fingerprint density at radius 3 is 2.74 bits per heavy atom. The molecule has 0 bridgehead atoms. The summed E-state index contributed by atoms with van der Waals surface area (Å²) >= 11 is 0. The van der Waals surface area contributed by atoms with Crippen molar-refractivity contribution in [3.63, 3.8) is 0 Å². The number of hydrogen-bond acceptors (Lipinski definition) is 2. The Bertz CT molecular complexity index is 624. The highest BCUT2D eigenvalue weighted by Gasteiger charge is 2.20.